The van der Waals surface area contributed by atoms with Crippen molar-refractivity contribution in [3.05, 3.63) is 23.8 Å². The first-order valence-corrected chi connectivity index (χ1v) is 7.74. The summed E-state index contributed by atoms with van der Waals surface area (Å²) in [7, 11) is -1.77. The summed E-state index contributed by atoms with van der Waals surface area (Å²) in [6.45, 7) is 3.50. The summed E-state index contributed by atoms with van der Waals surface area (Å²) in [5, 5.41) is 0. The third-order valence-corrected chi connectivity index (χ3v) is 5.39. The minimum absolute atomic E-state index is 0.287. The lowest BCUT2D eigenvalue weighted by molar-refractivity contribution is 0.157. The summed E-state index contributed by atoms with van der Waals surface area (Å²) in [6, 6.07) is 4.85. The first kappa shape index (κ1) is 14.3. The van der Waals surface area contributed by atoms with E-state index >= 15 is 0 Å². The van der Waals surface area contributed by atoms with Gasteiger partial charge in [0.25, 0.3) is 0 Å². The average Bonchev–Trinajstić information content (AvgIpc) is 2.82. The molecule has 0 amide bonds. The van der Waals surface area contributed by atoms with Gasteiger partial charge in [-0.25, -0.2) is 8.42 Å². The highest BCUT2D eigenvalue weighted by Gasteiger charge is 2.32. The molecule has 0 aromatic heterocycles. The minimum Gasteiger partial charge on any atom is -0.399 e. The molecular formula is C13H20N2O3S. The molecule has 1 aliphatic heterocycles. The molecule has 0 aliphatic carbocycles. The largest absolute Gasteiger partial charge is 0.399 e. The van der Waals surface area contributed by atoms with Crippen LogP contribution in [0, 0.1) is 12.8 Å². The van der Waals surface area contributed by atoms with Crippen molar-refractivity contribution < 1.29 is 13.2 Å². The van der Waals surface area contributed by atoms with Gasteiger partial charge in [0, 0.05) is 25.9 Å². The van der Waals surface area contributed by atoms with E-state index in [1.54, 1.807) is 25.3 Å². The quantitative estimate of drug-likeness (QED) is 0.844. The lowest BCUT2D eigenvalue weighted by Crippen LogP contribution is -2.29. The zero-order valence-electron chi connectivity index (χ0n) is 11.3. The van der Waals surface area contributed by atoms with Gasteiger partial charge in [-0.3, -0.25) is 0 Å². The van der Waals surface area contributed by atoms with Crippen molar-refractivity contribution in [3.8, 4) is 0 Å². The number of benzene rings is 1. The van der Waals surface area contributed by atoms with Crippen LogP contribution in [0.4, 0.5) is 5.69 Å². The van der Waals surface area contributed by atoms with Crippen LogP contribution in [-0.4, -0.2) is 39.5 Å². The molecule has 1 aromatic carbocycles. The lowest BCUT2D eigenvalue weighted by atomic mass is 10.1. The Balaban J connectivity index is 2.21. The van der Waals surface area contributed by atoms with E-state index in [1.165, 1.54) is 4.31 Å². The Morgan fingerprint density at radius 2 is 2.21 bits per heavy atom. The molecule has 5 nitrogen and oxygen atoms in total. The number of nitrogen functional groups attached to an aromatic ring is 1. The second-order valence-corrected chi connectivity index (χ2v) is 6.93. The Morgan fingerprint density at radius 1 is 1.47 bits per heavy atom. The van der Waals surface area contributed by atoms with Crippen LogP contribution in [0.2, 0.25) is 0 Å². The smallest absolute Gasteiger partial charge is 0.243 e. The molecule has 106 valence electrons. The first-order valence-electron chi connectivity index (χ1n) is 6.30. The third-order valence-electron chi connectivity index (χ3n) is 3.53. The molecule has 0 bridgehead atoms. The second-order valence-electron chi connectivity index (χ2n) is 4.99. The van der Waals surface area contributed by atoms with Crippen LogP contribution < -0.4 is 5.73 Å². The predicted molar refractivity (Wildman–Crippen MR) is 74.3 cm³/mol. The van der Waals surface area contributed by atoms with Crippen molar-refractivity contribution in [2.45, 2.75) is 18.2 Å². The van der Waals surface area contributed by atoms with E-state index in [-0.39, 0.29) is 5.92 Å². The Morgan fingerprint density at radius 3 is 2.84 bits per heavy atom. The highest BCUT2D eigenvalue weighted by atomic mass is 32.2. The molecule has 2 N–H and O–H groups in total. The molecule has 1 aliphatic rings. The SMILES string of the molecule is COCC1CCN(S(=O)(=O)c2ccc(N)c(C)c2)C1. The lowest BCUT2D eigenvalue weighted by Gasteiger charge is -2.17. The maximum absolute atomic E-state index is 12.5. The minimum atomic E-state index is -3.41. The Kier molecular flexibility index (Phi) is 4.13. The topological polar surface area (TPSA) is 72.6 Å². The van der Waals surface area contributed by atoms with Gasteiger partial charge < -0.3 is 10.5 Å². The van der Waals surface area contributed by atoms with Crippen molar-refractivity contribution >= 4 is 15.7 Å². The first-order chi connectivity index (χ1) is 8.95. The molecule has 1 fully saturated rings. The maximum Gasteiger partial charge on any atom is 0.243 e. The van der Waals surface area contributed by atoms with Crippen LogP contribution >= 0.6 is 0 Å². The number of methoxy groups -OCH3 is 1. The number of nitrogens with two attached hydrogens (primary N) is 1. The summed E-state index contributed by atoms with van der Waals surface area (Å²) in [5.74, 6) is 0.287. The number of aryl methyl sites for hydroxylation is 1. The van der Waals surface area contributed by atoms with Gasteiger partial charge >= 0.3 is 0 Å². The Labute approximate surface area is 114 Å². The monoisotopic (exact) mass is 284 g/mol. The fourth-order valence-corrected chi connectivity index (χ4v) is 3.96. The fraction of sp³-hybridized carbons (Fsp3) is 0.538. The van der Waals surface area contributed by atoms with E-state index in [2.05, 4.69) is 0 Å². The molecule has 6 heteroatoms. The van der Waals surface area contributed by atoms with E-state index in [9.17, 15) is 8.42 Å². The van der Waals surface area contributed by atoms with E-state index in [4.69, 9.17) is 10.5 Å². The van der Waals surface area contributed by atoms with Gasteiger partial charge in [-0.05, 0) is 43.0 Å². The number of ether oxygens (including phenoxy) is 1. The van der Waals surface area contributed by atoms with Gasteiger partial charge in [-0.2, -0.15) is 4.31 Å². The van der Waals surface area contributed by atoms with E-state index in [1.807, 2.05) is 6.92 Å². The average molecular weight is 284 g/mol. The zero-order chi connectivity index (χ0) is 14.0. The number of hydrogen-bond acceptors (Lipinski definition) is 4. The van der Waals surface area contributed by atoms with Gasteiger partial charge in [0.15, 0.2) is 0 Å². The van der Waals surface area contributed by atoms with E-state index in [0.717, 1.165) is 12.0 Å². The number of anilines is 1. The molecule has 1 unspecified atom stereocenters. The molecule has 1 atom stereocenters. The predicted octanol–water partition coefficient (Wildman–Crippen LogP) is 1.23. The van der Waals surface area contributed by atoms with Gasteiger partial charge in [-0.1, -0.05) is 0 Å². The third kappa shape index (κ3) is 2.91. The second kappa shape index (κ2) is 5.48. The van der Waals surface area contributed by atoms with Crippen molar-refractivity contribution in [3.63, 3.8) is 0 Å². The van der Waals surface area contributed by atoms with E-state index < -0.39 is 10.0 Å². The van der Waals surface area contributed by atoms with Crippen molar-refractivity contribution in [1.82, 2.24) is 4.31 Å². The molecule has 1 heterocycles. The summed E-state index contributed by atoms with van der Waals surface area (Å²) in [6.07, 6.45) is 0.848. The van der Waals surface area contributed by atoms with Crippen LogP contribution in [0.5, 0.6) is 0 Å². The van der Waals surface area contributed by atoms with Crippen LogP contribution in [0.3, 0.4) is 0 Å². The molecule has 0 spiro atoms. The van der Waals surface area contributed by atoms with Gasteiger partial charge in [0.1, 0.15) is 0 Å². The number of nitrogens with zero attached hydrogens (tertiary/aromatic N) is 1. The summed E-state index contributed by atoms with van der Waals surface area (Å²) >= 11 is 0. The summed E-state index contributed by atoms with van der Waals surface area (Å²) in [5.41, 5.74) is 7.12. The summed E-state index contributed by atoms with van der Waals surface area (Å²) < 4.78 is 31.6. The number of rotatable bonds is 4. The molecule has 0 radical (unpaired) electrons. The summed E-state index contributed by atoms with van der Waals surface area (Å²) in [4.78, 5) is 0.317. The molecule has 2 rings (SSSR count). The Bertz CT molecular complexity index is 557. The van der Waals surface area contributed by atoms with Crippen LogP contribution in [0.25, 0.3) is 0 Å². The Hall–Kier alpha value is -1.11. The molecular weight excluding hydrogens is 264 g/mol. The standard InChI is InChI=1S/C13H20N2O3S/c1-10-7-12(3-4-13(10)14)19(16,17)15-6-5-11(8-15)9-18-2/h3-4,7,11H,5-6,8-9,14H2,1-2H3. The molecule has 0 saturated carbocycles. The zero-order valence-corrected chi connectivity index (χ0v) is 12.1. The highest BCUT2D eigenvalue weighted by molar-refractivity contribution is 7.89. The van der Waals surface area contributed by atoms with Crippen molar-refractivity contribution in [2.24, 2.45) is 5.92 Å². The van der Waals surface area contributed by atoms with Crippen molar-refractivity contribution in [2.75, 3.05) is 32.5 Å². The molecule has 19 heavy (non-hydrogen) atoms. The van der Waals surface area contributed by atoms with Crippen molar-refractivity contribution in [1.29, 1.82) is 0 Å². The number of hydrogen-bond donors (Lipinski definition) is 1. The fourth-order valence-electron chi connectivity index (χ4n) is 2.34. The van der Waals surface area contributed by atoms with Gasteiger partial charge in [-0.15, -0.1) is 0 Å². The normalized spacial score (nSPS) is 20.8. The molecule has 1 saturated heterocycles. The molecule has 1 aromatic rings. The van der Waals surface area contributed by atoms with Crippen LogP contribution in [-0.2, 0) is 14.8 Å². The maximum atomic E-state index is 12.5. The van der Waals surface area contributed by atoms with E-state index in [0.29, 0.717) is 30.3 Å². The van der Waals surface area contributed by atoms with Crippen LogP contribution in [0.15, 0.2) is 23.1 Å². The van der Waals surface area contributed by atoms with Crippen LogP contribution in [0.1, 0.15) is 12.0 Å². The highest BCUT2D eigenvalue weighted by Crippen LogP contribution is 2.26. The number of sulfonamides is 1. The van der Waals surface area contributed by atoms with Gasteiger partial charge in [0.2, 0.25) is 10.0 Å². The van der Waals surface area contributed by atoms with Gasteiger partial charge in [0.05, 0.1) is 11.5 Å².